The second-order valence-electron chi connectivity index (χ2n) is 4.29. The van der Waals surface area contributed by atoms with Gasteiger partial charge in [-0.2, -0.15) is 5.26 Å². The van der Waals surface area contributed by atoms with Gasteiger partial charge >= 0.3 is 0 Å². The Labute approximate surface area is 130 Å². The number of hydrogen-bond acceptors (Lipinski definition) is 4. The van der Waals surface area contributed by atoms with E-state index in [4.69, 9.17) is 27.3 Å². The quantitative estimate of drug-likeness (QED) is 0.878. The molecule has 2 aromatic rings. The molecular formula is C15H13ClN2O2S. The molecule has 1 atom stereocenters. The number of benzene rings is 2. The van der Waals surface area contributed by atoms with Gasteiger partial charge in [-0.1, -0.05) is 23.7 Å². The van der Waals surface area contributed by atoms with Crippen molar-refractivity contribution in [1.29, 1.82) is 5.26 Å². The predicted octanol–water partition coefficient (Wildman–Crippen LogP) is 3.11. The third-order valence-electron chi connectivity index (χ3n) is 2.91. The van der Waals surface area contributed by atoms with Crippen molar-refractivity contribution in [2.75, 3.05) is 12.8 Å². The molecule has 2 rings (SSSR count). The summed E-state index contributed by atoms with van der Waals surface area (Å²) < 4.78 is 17.6. The van der Waals surface area contributed by atoms with Gasteiger partial charge in [0.2, 0.25) is 0 Å². The lowest BCUT2D eigenvalue weighted by molar-refractivity contribution is 0.413. The summed E-state index contributed by atoms with van der Waals surface area (Å²) >= 11 is 6.06. The fourth-order valence-corrected chi connectivity index (χ4v) is 3.59. The molecule has 0 radical (unpaired) electrons. The lowest BCUT2D eigenvalue weighted by Gasteiger charge is -2.09. The Bertz CT molecular complexity index is 721. The average Bonchev–Trinajstić information content (AvgIpc) is 2.46. The maximum atomic E-state index is 12.5. The summed E-state index contributed by atoms with van der Waals surface area (Å²) in [6.07, 6.45) is 0. The largest absolute Gasteiger partial charge is 0.495 e. The van der Waals surface area contributed by atoms with Crippen LogP contribution in [0.5, 0.6) is 5.75 Å². The van der Waals surface area contributed by atoms with Crippen molar-refractivity contribution in [2.45, 2.75) is 10.6 Å². The Morgan fingerprint density at radius 2 is 2.14 bits per heavy atom. The number of hydrogen-bond donors (Lipinski definition) is 1. The van der Waals surface area contributed by atoms with E-state index >= 15 is 0 Å². The van der Waals surface area contributed by atoms with Crippen molar-refractivity contribution in [2.24, 2.45) is 0 Å². The predicted molar refractivity (Wildman–Crippen MR) is 83.7 cm³/mol. The van der Waals surface area contributed by atoms with E-state index in [1.807, 2.05) is 6.07 Å². The molecule has 108 valence electrons. The second-order valence-corrected chi connectivity index (χ2v) is 6.09. The van der Waals surface area contributed by atoms with Crippen LogP contribution in [0.25, 0.3) is 0 Å². The highest BCUT2D eigenvalue weighted by atomic mass is 35.5. The number of rotatable bonds is 4. The first kappa shape index (κ1) is 15.4. The molecule has 0 fully saturated rings. The second kappa shape index (κ2) is 6.61. The highest BCUT2D eigenvalue weighted by Crippen LogP contribution is 2.28. The summed E-state index contributed by atoms with van der Waals surface area (Å²) in [5.74, 6) is 0.704. The van der Waals surface area contributed by atoms with E-state index in [2.05, 4.69) is 0 Å². The molecule has 2 aromatic carbocycles. The first-order valence-corrected chi connectivity index (χ1v) is 7.76. The van der Waals surface area contributed by atoms with E-state index in [0.29, 0.717) is 26.9 Å². The topological polar surface area (TPSA) is 76.1 Å². The van der Waals surface area contributed by atoms with Crippen LogP contribution in [-0.4, -0.2) is 11.3 Å². The minimum Gasteiger partial charge on any atom is -0.495 e. The molecule has 0 amide bonds. The van der Waals surface area contributed by atoms with Gasteiger partial charge in [0.05, 0.1) is 39.1 Å². The third kappa shape index (κ3) is 3.35. The highest BCUT2D eigenvalue weighted by molar-refractivity contribution is 7.84. The van der Waals surface area contributed by atoms with Gasteiger partial charge in [-0.3, -0.25) is 4.21 Å². The van der Waals surface area contributed by atoms with E-state index in [0.717, 1.165) is 5.56 Å². The normalized spacial score (nSPS) is 11.7. The van der Waals surface area contributed by atoms with Crippen molar-refractivity contribution in [3.05, 3.63) is 52.5 Å². The fourth-order valence-electron chi connectivity index (χ4n) is 1.91. The van der Waals surface area contributed by atoms with Crippen molar-refractivity contribution in [3.8, 4) is 11.8 Å². The Morgan fingerprint density at radius 3 is 2.76 bits per heavy atom. The van der Waals surface area contributed by atoms with Gasteiger partial charge < -0.3 is 10.5 Å². The summed E-state index contributed by atoms with van der Waals surface area (Å²) in [6.45, 7) is 0. The van der Waals surface area contributed by atoms with Gasteiger partial charge in [-0.05, 0) is 29.8 Å². The molecule has 0 bridgehead atoms. The van der Waals surface area contributed by atoms with Crippen molar-refractivity contribution in [3.63, 3.8) is 0 Å². The van der Waals surface area contributed by atoms with Crippen LogP contribution >= 0.6 is 11.6 Å². The zero-order chi connectivity index (χ0) is 15.4. The molecule has 2 N–H and O–H groups in total. The zero-order valence-corrected chi connectivity index (χ0v) is 12.9. The summed E-state index contributed by atoms with van der Waals surface area (Å²) in [6, 6.07) is 12.1. The zero-order valence-electron chi connectivity index (χ0n) is 11.3. The summed E-state index contributed by atoms with van der Waals surface area (Å²) in [4.78, 5) is 0.433. The maximum Gasteiger partial charge on any atom is 0.136 e. The van der Waals surface area contributed by atoms with Gasteiger partial charge in [0.1, 0.15) is 11.8 Å². The molecule has 0 heterocycles. The molecule has 0 aliphatic rings. The summed E-state index contributed by atoms with van der Waals surface area (Å²) in [7, 11) is 0.117. The molecule has 1 unspecified atom stereocenters. The number of nitrogens with two attached hydrogens (primary N) is 1. The van der Waals surface area contributed by atoms with Gasteiger partial charge in [-0.15, -0.1) is 0 Å². The van der Waals surface area contributed by atoms with Crippen LogP contribution in [0, 0.1) is 11.3 Å². The van der Waals surface area contributed by atoms with Gasteiger partial charge in [-0.25, -0.2) is 0 Å². The maximum absolute atomic E-state index is 12.5. The Hall–Kier alpha value is -2.03. The van der Waals surface area contributed by atoms with Crippen LogP contribution in [0.2, 0.25) is 5.02 Å². The van der Waals surface area contributed by atoms with Crippen LogP contribution in [0.1, 0.15) is 11.1 Å². The van der Waals surface area contributed by atoms with E-state index in [1.54, 1.807) is 36.4 Å². The first-order chi connectivity index (χ1) is 10.1. The highest BCUT2D eigenvalue weighted by Gasteiger charge is 2.14. The standard InChI is InChI=1S/C15H13ClN2O2S/c1-20-14-7-10(5-6-11(14)8-17)9-21(19)15-12(16)3-2-4-13(15)18/h2-7H,9,18H2,1H3. The fraction of sp³-hybridized carbons (Fsp3) is 0.133. The number of ether oxygens (including phenoxy) is 1. The average molecular weight is 321 g/mol. The minimum atomic E-state index is -1.37. The monoisotopic (exact) mass is 320 g/mol. The first-order valence-electron chi connectivity index (χ1n) is 6.06. The van der Waals surface area contributed by atoms with Crippen molar-refractivity contribution < 1.29 is 8.95 Å². The van der Waals surface area contributed by atoms with Crippen LogP contribution in [0.4, 0.5) is 5.69 Å². The van der Waals surface area contributed by atoms with Gasteiger partial charge in [0, 0.05) is 5.69 Å². The number of methoxy groups -OCH3 is 1. The molecule has 0 saturated heterocycles. The van der Waals surface area contributed by atoms with Crippen LogP contribution in [-0.2, 0) is 16.6 Å². The SMILES string of the molecule is COc1cc(CS(=O)c2c(N)cccc2Cl)ccc1C#N. The molecule has 21 heavy (non-hydrogen) atoms. The Kier molecular flexibility index (Phi) is 4.84. The molecule has 0 aliphatic heterocycles. The molecule has 4 nitrogen and oxygen atoms in total. The van der Waals surface area contributed by atoms with Crippen molar-refractivity contribution >= 4 is 28.1 Å². The lowest BCUT2D eigenvalue weighted by atomic mass is 10.1. The van der Waals surface area contributed by atoms with E-state index in [-0.39, 0.29) is 5.75 Å². The van der Waals surface area contributed by atoms with Crippen LogP contribution in [0.15, 0.2) is 41.3 Å². The number of nitrogens with zero attached hydrogens (tertiary/aromatic N) is 1. The molecule has 0 aliphatic carbocycles. The third-order valence-corrected chi connectivity index (χ3v) is 4.84. The smallest absolute Gasteiger partial charge is 0.136 e. The summed E-state index contributed by atoms with van der Waals surface area (Å²) in [5.41, 5.74) is 7.45. The van der Waals surface area contributed by atoms with E-state index in [9.17, 15) is 4.21 Å². The van der Waals surface area contributed by atoms with Gasteiger partial charge in [0.25, 0.3) is 0 Å². The Morgan fingerprint density at radius 1 is 1.38 bits per heavy atom. The minimum absolute atomic E-state index is 0.246. The molecule has 0 aromatic heterocycles. The molecule has 0 saturated carbocycles. The summed E-state index contributed by atoms with van der Waals surface area (Å²) in [5, 5.41) is 9.33. The van der Waals surface area contributed by atoms with Gasteiger partial charge in [0.15, 0.2) is 0 Å². The molecular weight excluding hydrogens is 308 g/mol. The molecule has 0 spiro atoms. The molecule has 6 heteroatoms. The number of nitrogen functional groups attached to an aromatic ring is 1. The lowest BCUT2D eigenvalue weighted by Crippen LogP contribution is -2.02. The van der Waals surface area contributed by atoms with Crippen LogP contribution in [0.3, 0.4) is 0 Å². The number of nitriles is 1. The van der Waals surface area contributed by atoms with Crippen LogP contribution < -0.4 is 10.5 Å². The number of halogens is 1. The Balaban J connectivity index is 2.30. The number of anilines is 1. The van der Waals surface area contributed by atoms with E-state index < -0.39 is 10.8 Å². The van der Waals surface area contributed by atoms with Crippen molar-refractivity contribution in [1.82, 2.24) is 0 Å². The van der Waals surface area contributed by atoms with E-state index in [1.165, 1.54) is 7.11 Å².